The summed E-state index contributed by atoms with van der Waals surface area (Å²) in [6.07, 6.45) is 1.50. The van der Waals surface area contributed by atoms with Gasteiger partial charge in [-0.15, -0.1) is 11.3 Å². The zero-order valence-electron chi connectivity index (χ0n) is 7.00. The number of aryl methyl sites for hydroxylation is 1. The van der Waals surface area contributed by atoms with E-state index < -0.39 is 0 Å². The summed E-state index contributed by atoms with van der Waals surface area (Å²) in [6, 6.07) is 4.20. The third kappa shape index (κ3) is 2.64. The summed E-state index contributed by atoms with van der Waals surface area (Å²) in [7, 11) is 0. The molecule has 1 atom stereocenters. The summed E-state index contributed by atoms with van der Waals surface area (Å²) in [4.78, 5) is 2.61. The lowest BCUT2D eigenvalue weighted by Gasteiger charge is -2.03. The molecule has 0 radical (unpaired) electrons. The van der Waals surface area contributed by atoms with E-state index in [0.717, 1.165) is 12.8 Å². The number of thiophene rings is 1. The molecule has 1 aromatic heterocycles. The highest BCUT2D eigenvalue weighted by Crippen LogP contribution is 2.17. The lowest BCUT2D eigenvalue weighted by molar-refractivity contribution is 0.171. The van der Waals surface area contributed by atoms with E-state index in [-0.39, 0.29) is 6.10 Å². The fourth-order valence-corrected chi connectivity index (χ4v) is 1.93. The minimum absolute atomic E-state index is 0.159. The normalized spacial score (nSPS) is 13.4. The highest BCUT2D eigenvalue weighted by atomic mass is 32.1. The molecule has 11 heavy (non-hydrogen) atoms. The zero-order valence-corrected chi connectivity index (χ0v) is 7.82. The van der Waals surface area contributed by atoms with Crippen LogP contribution in [0.25, 0.3) is 0 Å². The van der Waals surface area contributed by atoms with Gasteiger partial charge < -0.3 is 5.11 Å². The maximum atomic E-state index is 9.33. The maximum Gasteiger partial charge on any atom is 0.0585 e. The fraction of sp³-hybridized carbons (Fsp3) is 0.556. The van der Waals surface area contributed by atoms with Crippen LogP contribution in [0.1, 0.15) is 23.1 Å². The molecule has 0 saturated carbocycles. The Morgan fingerprint density at radius 2 is 2.27 bits per heavy atom. The Morgan fingerprint density at radius 1 is 1.55 bits per heavy atom. The van der Waals surface area contributed by atoms with Crippen molar-refractivity contribution in [2.24, 2.45) is 0 Å². The molecule has 0 aliphatic heterocycles. The molecule has 0 aliphatic rings. The number of aliphatic hydroxyl groups is 1. The van der Waals surface area contributed by atoms with Gasteiger partial charge in [-0.2, -0.15) is 0 Å². The van der Waals surface area contributed by atoms with E-state index in [1.165, 1.54) is 9.75 Å². The van der Waals surface area contributed by atoms with Crippen LogP contribution in [0, 0.1) is 6.92 Å². The summed E-state index contributed by atoms with van der Waals surface area (Å²) in [5.41, 5.74) is 0. The van der Waals surface area contributed by atoms with Crippen molar-refractivity contribution >= 4 is 11.3 Å². The summed E-state index contributed by atoms with van der Waals surface area (Å²) < 4.78 is 0. The molecular formula is C9H14OS. The Bertz CT molecular complexity index is 217. The molecule has 0 saturated heterocycles. The van der Waals surface area contributed by atoms with Gasteiger partial charge >= 0.3 is 0 Å². The van der Waals surface area contributed by atoms with Crippen molar-refractivity contribution in [1.29, 1.82) is 0 Å². The molecule has 1 rings (SSSR count). The minimum atomic E-state index is -0.159. The van der Waals surface area contributed by atoms with Crippen LogP contribution in [-0.2, 0) is 6.42 Å². The second-order valence-corrected chi connectivity index (χ2v) is 4.15. The Labute approximate surface area is 71.7 Å². The van der Waals surface area contributed by atoms with E-state index in [1.807, 2.05) is 6.92 Å². The molecule has 1 nitrogen and oxygen atoms in total. The minimum Gasteiger partial charge on any atom is -0.393 e. The quantitative estimate of drug-likeness (QED) is 0.738. The molecule has 1 heterocycles. The maximum absolute atomic E-state index is 9.33. The standard InChI is InChI=1S/C9H14OS/c1-3-8(10)6-9-5-4-7(2)11-9/h4-5,8,10H,3,6H2,1-2H3/t8-/m1/s1. The predicted molar refractivity (Wildman–Crippen MR) is 49.1 cm³/mol. The molecule has 0 aromatic carbocycles. The smallest absolute Gasteiger partial charge is 0.0585 e. The monoisotopic (exact) mass is 170 g/mol. The van der Waals surface area contributed by atoms with E-state index in [0.29, 0.717) is 0 Å². The Kier molecular flexibility index (Phi) is 3.09. The third-order valence-electron chi connectivity index (χ3n) is 1.70. The lowest BCUT2D eigenvalue weighted by atomic mass is 10.2. The fourth-order valence-electron chi connectivity index (χ4n) is 0.971. The first-order valence-electron chi connectivity index (χ1n) is 3.95. The van der Waals surface area contributed by atoms with Crippen LogP contribution in [0.15, 0.2) is 12.1 Å². The van der Waals surface area contributed by atoms with E-state index >= 15 is 0 Å². The Balaban J connectivity index is 2.50. The summed E-state index contributed by atoms with van der Waals surface area (Å²) >= 11 is 1.77. The van der Waals surface area contributed by atoms with Crippen molar-refractivity contribution in [2.75, 3.05) is 0 Å². The van der Waals surface area contributed by atoms with Gasteiger partial charge in [0, 0.05) is 16.2 Å². The molecule has 0 aliphatic carbocycles. The summed E-state index contributed by atoms with van der Waals surface area (Å²) in [5.74, 6) is 0. The van der Waals surface area contributed by atoms with Gasteiger partial charge in [-0.25, -0.2) is 0 Å². The second kappa shape index (κ2) is 3.88. The first-order valence-corrected chi connectivity index (χ1v) is 4.77. The largest absolute Gasteiger partial charge is 0.393 e. The molecule has 0 amide bonds. The highest BCUT2D eigenvalue weighted by molar-refractivity contribution is 7.11. The highest BCUT2D eigenvalue weighted by Gasteiger charge is 2.03. The van der Waals surface area contributed by atoms with Crippen LogP contribution in [0.5, 0.6) is 0 Å². The number of hydrogen-bond acceptors (Lipinski definition) is 2. The van der Waals surface area contributed by atoms with Crippen molar-refractivity contribution in [3.8, 4) is 0 Å². The van der Waals surface area contributed by atoms with Gasteiger partial charge in [0.05, 0.1) is 6.10 Å². The van der Waals surface area contributed by atoms with Crippen molar-refractivity contribution in [3.63, 3.8) is 0 Å². The van der Waals surface area contributed by atoms with E-state index in [1.54, 1.807) is 11.3 Å². The predicted octanol–water partition coefficient (Wildman–Crippen LogP) is 2.37. The summed E-state index contributed by atoms with van der Waals surface area (Å²) in [5, 5.41) is 9.33. The first kappa shape index (κ1) is 8.75. The molecule has 0 bridgehead atoms. The van der Waals surface area contributed by atoms with Crippen LogP contribution in [0.2, 0.25) is 0 Å². The molecule has 0 unspecified atom stereocenters. The zero-order chi connectivity index (χ0) is 8.27. The van der Waals surface area contributed by atoms with Gasteiger partial charge in [-0.3, -0.25) is 0 Å². The molecular weight excluding hydrogens is 156 g/mol. The molecule has 1 aromatic rings. The van der Waals surface area contributed by atoms with Crippen LogP contribution < -0.4 is 0 Å². The lowest BCUT2D eigenvalue weighted by Crippen LogP contribution is -2.06. The number of aliphatic hydroxyl groups excluding tert-OH is 1. The Hall–Kier alpha value is -0.340. The van der Waals surface area contributed by atoms with Gasteiger partial charge in [-0.1, -0.05) is 6.92 Å². The van der Waals surface area contributed by atoms with Crippen molar-refractivity contribution in [3.05, 3.63) is 21.9 Å². The number of hydrogen-bond donors (Lipinski definition) is 1. The SMILES string of the molecule is CC[C@@H](O)Cc1ccc(C)s1. The van der Waals surface area contributed by atoms with Crippen LogP contribution in [0.3, 0.4) is 0 Å². The van der Waals surface area contributed by atoms with Crippen LogP contribution in [0.4, 0.5) is 0 Å². The molecule has 1 N–H and O–H groups in total. The van der Waals surface area contributed by atoms with Crippen LogP contribution >= 0.6 is 11.3 Å². The topological polar surface area (TPSA) is 20.2 Å². The second-order valence-electron chi connectivity index (χ2n) is 2.78. The average molecular weight is 170 g/mol. The molecule has 62 valence electrons. The molecule has 0 spiro atoms. The molecule has 0 fully saturated rings. The van der Waals surface area contributed by atoms with E-state index in [9.17, 15) is 5.11 Å². The van der Waals surface area contributed by atoms with Crippen molar-refractivity contribution in [2.45, 2.75) is 32.8 Å². The number of rotatable bonds is 3. The van der Waals surface area contributed by atoms with Gasteiger partial charge in [0.25, 0.3) is 0 Å². The van der Waals surface area contributed by atoms with Gasteiger partial charge in [0.2, 0.25) is 0 Å². The van der Waals surface area contributed by atoms with Crippen molar-refractivity contribution in [1.82, 2.24) is 0 Å². The van der Waals surface area contributed by atoms with Crippen molar-refractivity contribution < 1.29 is 5.11 Å². The third-order valence-corrected chi connectivity index (χ3v) is 2.73. The first-order chi connectivity index (χ1) is 5.22. The van der Waals surface area contributed by atoms with Gasteiger partial charge in [0.1, 0.15) is 0 Å². The molecule has 2 heteroatoms. The summed E-state index contributed by atoms with van der Waals surface area (Å²) in [6.45, 7) is 4.09. The Morgan fingerprint density at radius 3 is 2.73 bits per heavy atom. The van der Waals surface area contributed by atoms with E-state index in [2.05, 4.69) is 19.1 Å². The van der Waals surface area contributed by atoms with Gasteiger partial charge in [0.15, 0.2) is 0 Å². The van der Waals surface area contributed by atoms with Gasteiger partial charge in [-0.05, 0) is 25.5 Å². The van der Waals surface area contributed by atoms with E-state index in [4.69, 9.17) is 0 Å². The average Bonchev–Trinajstić information content (AvgIpc) is 2.35. The van der Waals surface area contributed by atoms with Crippen LogP contribution in [-0.4, -0.2) is 11.2 Å².